The first-order valence-electron chi connectivity index (χ1n) is 13.9. The predicted octanol–water partition coefficient (Wildman–Crippen LogP) is 8.10. The van der Waals surface area contributed by atoms with Crippen LogP contribution in [0.15, 0.2) is 88.9 Å². The van der Waals surface area contributed by atoms with Gasteiger partial charge in [0, 0.05) is 28.7 Å². The lowest BCUT2D eigenvalue weighted by Gasteiger charge is -2.30. The van der Waals surface area contributed by atoms with Gasteiger partial charge in [0.15, 0.2) is 5.17 Å². The van der Waals surface area contributed by atoms with Crippen molar-refractivity contribution in [1.82, 2.24) is 9.47 Å². The normalized spacial score (nSPS) is 18.4. The van der Waals surface area contributed by atoms with E-state index in [0.29, 0.717) is 23.2 Å². The Morgan fingerprint density at radius 1 is 1.00 bits per heavy atom. The highest BCUT2D eigenvalue weighted by molar-refractivity contribution is 8.18. The Kier molecular flexibility index (Phi) is 7.73. The standard InChI is InChI=1S/C33H32FN3O2S/c1-23-11-5-10-18-30(23)39-20-19-36-22-24(26-14-6-9-17-29(26)36)21-31-32(38)37(25-12-3-2-4-13-25)33(40-31)35-28-16-8-7-15-27(28)34/h5-11,14-18,21-22,25H,2-4,12-13,19-20H2,1H3/b31-21+,35-33?. The number of aromatic nitrogens is 1. The lowest BCUT2D eigenvalue weighted by atomic mass is 9.94. The van der Waals surface area contributed by atoms with Crippen LogP contribution in [0.2, 0.25) is 0 Å². The average molecular weight is 554 g/mol. The van der Waals surface area contributed by atoms with E-state index < -0.39 is 0 Å². The Labute approximate surface area is 238 Å². The molecule has 0 radical (unpaired) electrons. The molecule has 0 atom stereocenters. The molecule has 1 aliphatic heterocycles. The molecule has 6 rings (SSSR count). The van der Waals surface area contributed by atoms with E-state index in [9.17, 15) is 9.18 Å². The number of aryl methyl sites for hydroxylation is 1. The van der Waals surface area contributed by atoms with E-state index >= 15 is 0 Å². The summed E-state index contributed by atoms with van der Waals surface area (Å²) in [4.78, 5) is 20.9. The number of carbonyl (C=O) groups excluding carboxylic acids is 1. The molecule has 0 unspecified atom stereocenters. The van der Waals surface area contributed by atoms with Gasteiger partial charge in [-0.1, -0.05) is 67.8 Å². The highest BCUT2D eigenvalue weighted by Gasteiger charge is 2.39. The van der Waals surface area contributed by atoms with Crippen LogP contribution in [0.1, 0.15) is 43.2 Å². The highest BCUT2D eigenvalue weighted by atomic mass is 32.2. The van der Waals surface area contributed by atoms with Crippen molar-refractivity contribution < 1.29 is 13.9 Å². The monoisotopic (exact) mass is 553 g/mol. The molecule has 3 aromatic carbocycles. The Morgan fingerprint density at radius 3 is 2.58 bits per heavy atom. The van der Waals surface area contributed by atoms with Crippen molar-refractivity contribution in [2.45, 2.75) is 51.6 Å². The van der Waals surface area contributed by atoms with E-state index in [0.717, 1.165) is 53.5 Å². The van der Waals surface area contributed by atoms with Crippen molar-refractivity contribution in [1.29, 1.82) is 0 Å². The van der Waals surface area contributed by atoms with Gasteiger partial charge in [0.05, 0.1) is 11.4 Å². The summed E-state index contributed by atoms with van der Waals surface area (Å²) in [6.07, 6.45) is 9.29. The number of para-hydroxylation sites is 3. The number of amidine groups is 1. The second-order valence-corrected chi connectivity index (χ2v) is 11.3. The zero-order valence-electron chi connectivity index (χ0n) is 22.6. The van der Waals surface area contributed by atoms with Crippen molar-refractivity contribution >= 4 is 45.5 Å². The number of halogens is 1. The van der Waals surface area contributed by atoms with Gasteiger partial charge in [-0.3, -0.25) is 9.69 Å². The number of rotatable bonds is 7. The summed E-state index contributed by atoms with van der Waals surface area (Å²) >= 11 is 1.34. The van der Waals surface area contributed by atoms with E-state index in [1.165, 1.54) is 24.2 Å². The van der Waals surface area contributed by atoms with Crippen LogP contribution in [-0.2, 0) is 11.3 Å². The number of carbonyl (C=O) groups is 1. The zero-order valence-corrected chi connectivity index (χ0v) is 23.4. The third-order valence-corrected chi connectivity index (χ3v) is 8.62. The molecule has 0 bridgehead atoms. The first kappa shape index (κ1) is 26.4. The second-order valence-electron chi connectivity index (χ2n) is 10.3. The van der Waals surface area contributed by atoms with Crippen molar-refractivity contribution in [3.05, 3.63) is 101 Å². The van der Waals surface area contributed by atoms with Crippen LogP contribution >= 0.6 is 11.8 Å². The molecule has 40 heavy (non-hydrogen) atoms. The van der Waals surface area contributed by atoms with Crippen molar-refractivity contribution in [3.8, 4) is 5.75 Å². The minimum atomic E-state index is -0.389. The van der Waals surface area contributed by atoms with E-state index in [-0.39, 0.29) is 23.5 Å². The van der Waals surface area contributed by atoms with E-state index in [1.807, 2.05) is 54.3 Å². The minimum Gasteiger partial charge on any atom is -0.491 e. The van der Waals surface area contributed by atoms with Crippen molar-refractivity contribution in [2.75, 3.05) is 6.61 Å². The summed E-state index contributed by atoms with van der Waals surface area (Å²) in [6, 6.07) is 22.8. The van der Waals surface area contributed by atoms with Gasteiger partial charge < -0.3 is 9.30 Å². The van der Waals surface area contributed by atoms with Crippen LogP contribution in [0.3, 0.4) is 0 Å². The van der Waals surface area contributed by atoms with E-state index in [4.69, 9.17) is 4.74 Å². The van der Waals surface area contributed by atoms with Crippen LogP contribution in [-0.4, -0.2) is 33.2 Å². The number of nitrogens with zero attached hydrogens (tertiary/aromatic N) is 3. The maximum absolute atomic E-state index is 14.5. The third kappa shape index (κ3) is 5.43. The van der Waals surface area contributed by atoms with Gasteiger partial charge in [0.2, 0.25) is 0 Å². The number of ether oxygens (including phenoxy) is 1. The lowest BCUT2D eigenvalue weighted by molar-refractivity contribution is -0.124. The first-order valence-corrected chi connectivity index (χ1v) is 14.7. The molecule has 0 spiro atoms. The molecule has 2 fully saturated rings. The zero-order chi connectivity index (χ0) is 27.5. The van der Waals surface area contributed by atoms with Crippen molar-refractivity contribution in [3.63, 3.8) is 0 Å². The summed E-state index contributed by atoms with van der Waals surface area (Å²) in [5.74, 6) is 0.450. The van der Waals surface area contributed by atoms with E-state index in [2.05, 4.69) is 27.9 Å². The van der Waals surface area contributed by atoms with Crippen LogP contribution < -0.4 is 4.74 Å². The molecule has 7 heteroatoms. The fraction of sp³-hybridized carbons (Fsp3) is 0.273. The first-order chi connectivity index (χ1) is 19.6. The number of hydrogen-bond acceptors (Lipinski definition) is 4. The number of aliphatic imine (C=N–C) groups is 1. The van der Waals surface area contributed by atoms with Gasteiger partial charge in [-0.25, -0.2) is 9.38 Å². The topological polar surface area (TPSA) is 46.8 Å². The Bertz CT molecular complexity index is 1600. The molecular formula is C33H32FN3O2S. The van der Waals surface area contributed by atoms with Crippen LogP contribution in [0.25, 0.3) is 17.0 Å². The predicted molar refractivity (Wildman–Crippen MR) is 161 cm³/mol. The molecular weight excluding hydrogens is 521 g/mol. The Morgan fingerprint density at radius 2 is 1.75 bits per heavy atom. The van der Waals surface area contributed by atoms with Gasteiger partial charge >= 0.3 is 0 Å². The molecule has 0 N–H and O–H groups in total. The second kappa shape index (κ2) is 11.7. The average Bonchev–Trinajstić information content (AvgIpc) is 3.48. The number of fused-ring (bicyclic) bond motifs is 1. The maximum atomic E-state index is 14.5. The summed E-state index contributed by atoms with van der Waals surface area (Å²) in [7, 11) is 0. The number of thioether (sulfide) groups is 1. The highest BCUT2D eigenvalue weighted by Crippen LogP contribution is 2.39. The third-order valence-electron chi connectivity index (χ3n) is 7.63. The molecule has 2 heterocycles. The molecule has 4 aromatic rings. The van der Waals surface area contributed by atoms with Gasteiger partial charge in [-0.2, -0.15) is 0 Å². The quantitative estimate of drug-likeness (QED) is 0.217. The van der Waals surface area contributed by atoms with E-state index in [1.54, 1.807) is 18.2 Å². The molecule has 1 aromatic heterocycles. The molecule has 1 amide bonds. The number of benzene rings is 3. The molecule has 2 aliphatic rings. The fourth-order valence-electron chi connectivity index (χ4n) is 5.56. The summed E-state index contributed by atoms with van der Waals surface area (Å²) in [5, 5.41) is 1.63. The summed E-state index contributed by atoms with van der Waals surface area (Å²) in [5.41, 5.74) is 3.42. The smallest absolute Gasteiger partial charge is 0.267 e. The van der Waals surface area contributed by atoms with Crippen LogP contribution in [0, 0.1) is 12.7 Å². The number of hydrogen-bond donors (Lipinski definition) is 0. The molecule has 5 nitrogen and oxygen atoms in total. The lowest BCUT2D eigenvalue weighted by Crippen LogP contribution is -2.40. The summed E-state index contributed by atoms with van der Waals surface area (Å²) < 4.78 is 22.8. The molecule has 1 saturated heterocycles. The van der Waals surface area contributed by atoms with Gasteiger partial charge in [-0.15, -0.1) is 0 Å². The van der Waals surface area contributed by atoms with Gasteiger partial charge in [-0.05, 0) is 67.4 Å². The number of amides is 1. The Balaban J connectivity index is 1.31. The summed E-state index contributed by atoms with van der Waals surface area (Å²) in [6.45, 7) is 3.25. The largest absolute Gasteiger partial charge is 0.491 e. The van der Waals surface area contributed by atoms with Gasteiger partial charge in [0.25, 0.3) is 5.91 Å². The molecule has 1 saturated carbocycles. The van der Waals surface area contributed by atoms with Crippen LogP contribution in [0.4, 0.5) is 10.1 Å². The molecule has 204 valence electrons. The molecule has 1 aliphatic carbocycles. The SMILES string of the molecule is Cc1ccccc1OCCn1cc(/C=C2/SC(=Nc3ccccc3F)N(C3CCCCC3)C2=O)c2ccccc21. The van der Waals surface area contributed by atoms with Crippen LogP contribution in [0.5, 0.6) is 5.75 Å². The Hall–Kier alpha value is -3.84. The van der Waals surface area contributed by atoms with Gasteiger partial charge in [0.1, 0.15) is 23.9 Å². The van der Waals surface area contributed by atoms with Crippen molar-refractivity contribution in [2.24, 2.45) is 4.99 Å². The minimum absolute atomic E-state index is 0.0493. The fourth-order valence-corrected chi connectivity index (χ4v) is 6.60. The maximum Gasteiger partial charge on any atom is 0.267 e.